The number of nitrogens with two attached hydrogens (primary N) is 3. The van der Waals surface area contributed by atoms with E-state index in [1.54, 1.807) is 0 Å². The Balaban J connectivity index is 0. The van der Waals surface area contributed by atoms with Gasteiger partial charge in [-0.15, -0.1) is 0 Å². The van der Waals surface area contributed by atoms with Crippen molar-refractivity contribution < 1.29 is 13.2 Å². The summed E-state index contributed by atoms with van der Waals surface area (Å²) in [7, 11) is -3.17. The molecule has 0 radical (unpaired) electrons. The highest BCUT2D eigenvalue weighted by atomic mass is 32.2. The van der Waals surface area contributed by atoms with Crippen molar-refractivity contribution in [2.45, 2.75) is 0 Å². The fourth-order valence-corrected chi connectivity index (χ4v) is 0. The smallest absolute Gasteiger partial charge is 0.309 e. The Morgan fingerprint density at radius 1 is 1.33 bits per heavy atom. The topological polar surface area (TPSA) is 129 Å². The largest absolute Gasteiger partial charge is 0.352 e. The van der Waals surface area contributed by atoms with Gasteiger partial charge in [0.25, 0.3) is 0 Å². The van der Waals surface area contributed by atoms with Crippen molar-refractivity contribution in [1.82, 2.24) is 0 Å². The van der Waals surface area contributed by atoms with Gasteiger partial charge in [0.05, 0.1) is 6.26 Å². The van der Waals surface area contributed by atoms with Crippen LogP contribution in [-0.2, 0) is 10.0 Å². The zero-order valence-electron chi connectivity index (χ0n) is 4.87. The molecule has 9 heavy (non-hydrogen) atoms. The molecule has 0 aromatic heterocycles. The molecule has 0 aliphatic carbocycles. The van der Waals surface area contributed by atoms with Crippen LogP contribution in [0.25, 0.3) is 0 Å². The Hall–Kier alpha value is -0.820. The molecule has 0 aromatic carbocycles. The second kappa shape index (κ2) is 4.10. The molecule has 0 rings (SSSR count). The third-order valence-electron chi connectivity index (χ3n) is 0. The van der Waals surface area contributed by atoms with Crippen molar-refractivity contribution in [1.29, 1.82) is 0 Å². The number of carbonyl (C=O) groups excluding carboxylic acids is 1. The molecule has 0 aliphatic heterocycles. The summed E-state index contributed by atoms with van der Waals surface area (Å²) in [6, 6.07) is -0.833. The Labute approximate surface area is 53.1 Å². The molecular weight excluding hydrogens is 146 g/mol. The lowest BCUT2D eigenvalue weighted by molar-refractivity contribution is 0.256. The van der Waals surface area contributed by atoms with E-state index in [1.807, 2.05) is 0 Å². The van der Waals surface area contributed by atoms with Gasteiger partial charge < -0.3 is 11.5 Å². The van der Waals surface area contributed by atoms with Gasteiger partial charge >= 0.3 is 6.03 Å². The Bertz CT molecular complexity index is 159. The van der Waals surface area contributed by atoms with E-state index in [2.05, 4.69) is 16.6 Å². The molecule has 0 aliphatic rings. The quantitative estimate of drug-likeness (QED) is 0.371. The van der Waals surface area contributed by atoms with Crippen LogP contribution in [0, 0.1) is 0 Å². The molecule has 0 heterocycles. The minimum absolute atomic E-state index is 0.833. The number of hydrogen-bond donors (Lipinski definition) is 3. The van der Waals surface area contributed by atoms with Crippen LogP contribution in [-0.4, -0.2) is 20.7 Å². The van der Waals surface area contributed by atoms with Crippen molar-refractivity contribution in [2.75, 3.05) is 6.26 Å². The highest BCUT2D eigenvalue weighted by Crippen LogP contribution is 1.52. The van der Waals surface area contributed by atoms with Crippen LogP contribution in [0.4, 0.5) is 4.79 Å². The van der Waals surface area contributed by atoms with E-state index in [-0.39, 0.29) is 0 Å². The van der Waals surface area contributed by atoms with Crippen LogP contribution in [0.3, 0.4) is 0 Å². The van der Waals surface area contributed by atoms with Crippen LogP contribution in [0.1, 0.15) is 0 Å². The van der Waals surface area contributed by atoms with Gasteiger partial charge in [-0.1, -0.05) is 0 Å². The van der Waals surface area contributed by atoms with Gasteiger partial charge in [-0.05, 0) is 0 Å². The summed E-state index contributed by atoms with van der Waals surface area (Å²) in [5.41, 5.74) is 8.50. The maximum atomic E-state index is 9.41. The maximum Gasteiger partial charge on any atom is 0.309 e. The summed E-state index contributed by atoms with van der Waals surface area (Å²) in [4.78, 5) is 9.00. The van der Waals surface area contributed by atoms with E-state index >= 15 is 0 Å². The molecule has 6 nitrogen and oxygen atoms in total. The second-order valence-electron chi connectivity index (χ2n) is 1.23. The van der Waals surface area contributed by atoms with E-state index in [9.17, 15) is 8.42 Å². The standard InChI is InChI=1S/CH4N2O.CH5NO2S/c2-1(3)4;1-5(2,3)4/h(H4,2,3,4);1H3,(H2,2,3,4). The van der Waals surface area contributed by atoms with Gasteiger partial charge in [0.1, 0.15) is 0 Å². The number of urea groups is 1. The van der Waals surface area contributed by atoms with Crippen LogP contribution in [0.15, 0.2) is 0 Å². The monoisotopic (exact) mass is 155 g/mol. The third kappa shape index (κ3) is 287. The van der Waals surface area contributed by atoms with Crippen LogP contribution in [0.2, 0.25) is 0 Å². The summed E-state index contributed by atoms with van der Waals surface area (Å²) in [5.74, 6) is 0. The predicted molar refractivity (Wildman–Crippen MR) is 32.8 cm³/mol. The second-order valence-corrected chi connectivity index (χ2v) is 2.89. The Morgan fingerprint density at radius 2 is 1.33 bits per heavy atom. The minimum atomic E-state index is -3.17. The lowest BCUT2D eigenvalue weighted by Crippen LogP contribution is -2.18. The first-order valence-corrected chi connectivity index (χ1v) is 3.71. The van der Waals surface area contributed by atoms with E-state index in [4.69, 9.17) is 4.79 Å². The third-order valence-corrected chi connectivity index (χ3v) is 0. The number of primary sulfonamides is 1. The summed E-state index contributed by atoms with van der Waals surface area (Å²) < 4.78 is 18.8. The van der Waals surface area contributed by atoms with Crippen molar-refractivity contribution in [2.24, 2.45) is 16.6 Å². The molecule has 0 aromatic rings. The van der Waals surface area contributed by atoms with E-state index in [0.717, 1.165) is 6.26 Å². The fourth-order valence-electron chi connectivity index (χ4n) is 0. The average molecular weight is 155 g/mol. The Kier molecular flexibility index (Phi) is 5.03. The Morgan fingerprint density at radius 3 is 1.33 bits per heavy atom. The zero-order valence-corrected chi connectivity index (χ0v) is 5.68. The number of primary amides is 2. The maximum absolute atomic E-state index is 9.41. The number of rotatable bonds is 0. The normalized spacial score (nSPS) is 9.11. The first-order valence-electron chi connectivity index (χ1n) is 1.76. The van der Waals surface area contributed by atoms with Gasteiger partial charge in [-0.25, -0.2) is 18.4 Å². The summed E-state index contributed by atoms with van der Waals surface area (Å²) in [6.07, 6.45) is 0.938. The van der Waals surface area contributed by atoms with E-state index in [0.29, 0.717) is 0 Å². The fraction of sp³-hybridized carbons (Fsp3) is 0.500. The van der Waals surface area contributed by atoms with Crippen molar-refractivity contribution in [3.8, 4) is 0 Å². The van der Waals surface area contributed by atoms with Gasteiger partial charge in [0.2, 0.25) is 10.0 Å². The lowest BCUT2D eigenvalue weighted by atomic mass is 11.2. The molecule has 0 unspecified atom stereocenters. The van der Waals surface area contributed by atoms with Crippen molar-refractivity contribution in [3.63, 3.8) is 0 Å². The highest BCUT2D eigenvalue weighted by Gasteiger charge is 1.78. The first kappa shape index (κ1) is 11.0. The molecule has 6 N–H and O–H groups in total. The van der Waals surface area contributed by atoms with Crippen LogP contribution in [0.5, 0.6) is 0 Å². The summed E-state index contributed by atoms with van der Waals surface area (Å²) in [5, 5.41) is 4.33. The van der Waals surface area contributed by atoms with Crippen LogP contribution >= 0.6 is 0 Å². The molecule has 0 saturated heterocycles. The molecule has 0 atom stereocenters. The van der Waals surface area contributed by atoms with Gasteiger partial charge in [0, 0.05) is 0 Å². The molecule has 0 saturated carbocycles. The van der Waals surface area contributed by atoms with Gasteiger partial charge in [-0.2, -0.15) is 0 Å². The number of amides is 2. The predicted octanol–water partition coefficient (Wildman–Crippen LogP) is -2.07. The number of sulfonamides is 1. The first-order chi connectivity index (χ1) is 3.73. The summed E-state index contributed by atoms with van der Waals surface area (Å²) in [6.45, 7) is 0. The van der Waals surface area contributed by atoms with Gasteiger partial charge in [0.15, 0.2) is 0 Å². The van der Waals surface area contributed by atoms with Crippen molar-refractivity contribution in [3.05, 3.63) is 0 Å². The van der Waals surface area contributed by atoms with E-state index in [1.165, 1.54) is 0 Å². The average Bonchev–Trinajstić information content (AvgIpc) is 1.19. The molecule has 0 bridgehead atoms. The zero-order chi connectivity index (χ0) is 8.08. The highest BCUT2D eigenvalue weighted by molar-refractivity contribution is 7.88. The molecule has 0 spiro atoms. The molecular formula is C2H9N3O3S. The molecule has 0 fully saturated rings. The molecule has 56 valence electrons. The number of hydrogen-bond acceptors (Lipinski definition) is 3. The van der Waals surface area contributed by atoms with Gasteiger partial charge in [-0.3, -0.25) is 0 Å². The summed E-state index contributed by atoms with van der Waals surface area (Å²) >= 11 is 0. The minimum Gasteiger partial charge on any atom is -0.352 e. The van der Waals surface area contributed by atoms with Crippen molar-refractivity contribution >= 4 is 16.1 Å². The molecule has 7 heteroatoms. The lowest BCUT2D eigenvalue weighted by Gasteiger charge is -1.71. The van der Waals surface area contributed by atoms with E-state index < -0.39 is 16.1 Å². The molecule has 2 amide bonds. The number of carbonyl (C=O) groups is 1. The van der Waals surface area contributed by atoms with Crippen LogP contribution < -0.4 is 16.6 Å². The SMILES string of the molecule is CS(N)(=O)=O.NC(N)=O.